The number of rotatable bonds is 16. The Labute approximate surface area is 159 Å². The fourth-order valence-corrected chi connectivity index (χ4v) is 2.65. The molecule has 22 heavy (non-hydrogen) atoms. The molecule has 0 bridgehead atoms. The number of carbonyl (C=O) groups excluding carboxylic acids is 1. The molecular weight excluding hydrogens is 287 g/mol. The second-order valence-electron chi connectivity index (χ2n) is 6.24. The van der Waals surface area contributed by atoms with Gasteiger partial charge in [0.1, 0.15) is 0 Å². The van der Waals surface area contributed by atoms with Crippen molar-refractivity contribution in [2.24, 2.45) is 0 Å². The van der Waals surface area contributed by atoms with E-state index in [4.69, 9.17) is 0 Å². The Bertz CT molecular complexity index is 234. The van der Waals surface area contributed by atoms with E-state index >= 15 is 0 Å². The number of carbonyl (C=O) groups is 1. The molecule has 0 amide bonds. The van der Waals surface area contributed by atoms with Gasteiger partial charge >= 0.3 is 29.6 Å². The number of unbranched alkanes of at least 4 members (excludes halogenated alkanes) is 10. The van der Waals surface area contributed by atoms with E-state index in [1.54, 1.807) is 0 Å². The number of aliphatic hydroxyl groups is 1. The van der Waals surface area contributed by atoms with Crippen molar-refractivity contribution < 1.29 is 44.6 Å². The van der Waals surface area contributed by atoms with Gasteiger partial charge in [-0.2, -0.15) is 0 Å². The van der Waals surface area contributed by atoms with Crippen LogP contribution in [0.25, 0.3) is 0 Å². The fourth-order valence-electron chi connectivity index (χ4n) is 2.65. The SMILES string of the molecule is CCCCC(O)CCCCCCCCCCCCC(=O)[O-].[Na+]. The Hall–Kier alpha value is 0.430. The van der Waals surface area contributed by atoms with Crippen LogP contribution >= 0.6 is 0 Å². The van der Waals surface area contributed by atoms with Crippen molar-refractivity contribution >= 4 is 5.97 Å². The molecule has 0 aliphatic heterocycles. The first-order valence-corrected chi connectivity index (χ1v) is 9.04. The molecule has 0 rings (SSSR count). The molecule has 0 saturated heterocycles. The number of hydrogen-bond acceptors (Lipinski definition) is 3. The number of aliphatic carboxylic acids is 1. The third-order valence-electron chi connectivity index (χ3n) is 4.06. The van der Waals surface area contributed by atoms with Crippen molar-refractivity contribution in [2.45, 2.75) is 109 Å². The molecule has 1 N–H and O–H groups in total. The molecule has 0 aliphatic carbocycles. The van der Waals surface area contributed by atoms with E-state index in [1.165, 1.54) is 44.9 Å². The van der Waals surface area contributed by atoms with Crippen LogP contribution in [-0.2, 0) is 4.79 Å². The normalized spacial score (nSPS) is 11.9. The molecule has 126 valence electrons. The standard InChI is InChI=1S/C18H36O3.Na/c1-2-3-14-17(19)15-12-10-8-6-4-5-7-9-11-13-16-18(20)21;/h17,19H,2-16H2,1H3,(H,20,21);/q;+1/p-1. The van der Waals surface area contributed by atoms with Crippen molar-refractivity contribution in [1.82, 2.24) is 0 Å². The van der Waals surface area contributed by atoms with Gasteiger partial charge in [-0.25, -0.2) is 0 Å². The van der Waals surface area contributed by atoms with E-state index < -0.39 is 5.97 Å². The van der Waals surface area contributed by atoms with Crippen molar-refractivity contribution in [3.05, 3.63) is 0 Å². The molecular formula is C18H35NaO3. The van der Waals surface area contributed by atoms with E-state index in [9.17, 15) is 15.0 Å². The van der Waals surface area contributed by atoms with E-state index in [2.05, 4.69) is 6.92 Å². The minimum atomic E-state index is -0.921. The number of hydrogen-bond donors (Lipinski definition) is 1. The third kappa shape index (κ3) is 20.4. The molecule has 0 aromatic heterocycles. The van der Waals surface area contributed by atoms with Crippen LogP contribution in [0.2, 0.25) is 0 Å². The van der Waals surface area contributed by atoms with Gasteiger partial charge in [0.25, 0.3) is 0 Å². The summed E-state index contributed by atoms with van der Waals surface area (Å²) in [6.07, 6.45) is 16.1. The van der Waals surface area contributed by atoms with Crippen molar-refractivity contribution in [3.63, 3.8) is 0 Å². The van der Waals surface area contributed by atoms with Crippen molar-refractivity contribution in [1.29, 1.82) is 0 Å². The molecule has 0 saturated carbocycles. The second-order valence-corrected chi connectivity index (χ2v) is 6.24. The maximum absolute atomic E-state index is 10.2. The fraction of sp³-hybridized carbons (Fsp3) is 0.944. The van der Waals surface area contributed by atoms with Gasteiger partial charge in [0.2, 0.25) is 0 Å². The summed E-state index contributed by atoms with van der Waals surface area (Å²) in [5.41, 5.74) is 0. The van der Waals surface area contributed by atoms with E-state index in [-0.39, 0.29) is 42.1 Å². The average molecular weight is 322 g/mol. The first-order valence-electron chi connectivity index (χ1n) is 9.04. The van der Waals surface area contributed by atoms with Crippen LogP contribution in [0.4, 0.5) is 0 Å². The van der Waals surface area contributed by atoms with E-state index in [0.29, 0.717) is 0 Å². The van der Waals surface area contributed by atoms with Crippen LogP contribution in [0.5, 0.6) is 0 Å². The number of carboxylic acid groups (broad SMARTS) is 1. The van der Waals surface area contributed by atoms with Crippen LogP contribution in [0.3, 0.4) is 0 Å². The topological polar surface area (TPSA) is 60.4 Å². The summed E-state index contributed by atoms with van der Waals surface area (Å²) >= 11 is 0. The van der Waals surface area contributed by atoms with E-state index in [1.807, 2.05) is 0 Å². The molecule has 1 unspecified atom stereocenters. The van der Waals surface area contributed by atoms with Gasteiger partial charge in [-0.05, 0) is 25.7 Å². The maximum Gasteiger partial charge on any atom is 1.00 e. The predicted molar refractivity (Wildman–Crippen MR) is 85.9 cm³/mol. The van der Waals surface area contributed by atoms with Crippen molar-refractivity contribution in [3.8, 4) is 0 Å². The Morgan fingerprint density at radius 1 is 0.818 bits per heavy atom. The first-order chi connectivity index (χ1) is 10.2. The Morgan fingerprint density at radius 3 is 1.68 bits per heavy atom. The second kappa shape index (κ2) is 19.5. The molecule has 0 fully saturated rings. The van der Waals surface area contributed by atoms with Gasteiger partial charge in [-0.3, -0.25) is 0 Å². The minimum Gasteiger partial charge on any atom is -0.550 e. The molecule has 3 nitrogen and oxygen atoms in total. The van der Waals surface area contributed by atoms with Crippen LogP contribution in [0.15, 0.2) is 0 Å². The van der Waals surface area contributed by atoms with Gasteiger partial charge in [0, 0.05) is 5.97 Å². The maximum atomic E-state index is 10.2. The molecule has 1 atom stereocenters. The van der Waals surface area contributed by atoms with Gasteiger partial charge in [-0.1, -0.05) is 77.6 Å². The number of carboxylic acids is 1. The van der Waals surface area contributed by atoms with Gasteiger partial charge < -0.3 is 15.0 Å². The van der Waals surface area contributed by atoms with Crippen LogP contribution in [0.1, 0.15) is 103 Å². The smallest absolute Gasteiger partial charge is 0.550 e. The third-order valence-corrected chi connectivity index (χ3v) is 4.06. The predicted octanol–water partition coefficient (Wildman–Crippen LogP) is 0.973. The first kappa shape index (κ1) is 24.7. The number of aliphatic hydroxyl groups excluding tert-OH is 1. The Balaban J connectivity index is 0. The molecule has 4 heteroatoms. The quantitative estimate of drug-likeness (QED) is 0.340. The molecule has 0 aliphatic rings. The molecule has 0 heterocycles. The molecule has 0 spiro atoms. The largest absolute Gasteiger partial charge is 1.00 e. The molecule has 0 aromatic rings. The van der Waals surface area contributed by atoms with Gasteiger partial charge in [-0.15, -0.1) is 0 Å². The minimum absolute atomic E-state index is 0. The van der Waals surface area contributed by atoms with Crippen molar-refractivity contribution in [2.75, 3.05) is 0 Å². The monoisotopic (exact) mass is 322 g/mol. The average Bonchev–Trinajstić information content (AvgIpc) is 2.45. The van der Waals surface area contributed by atoms with Crippen LogP contribution < -0.4 is 34.7 Å². The van der Waals surface area contributed by atoms with Crippen LogP contribution in [-0.4, -0.2) is 17.2 Å². The Kier molecular flexibility index (Phi) is 21.8. The summed E-state index contributed by atoms with van der Waals surface area (Å²) < 4.78 is 0. The van der Waals surface area contributed by atoms with Gasteiger partial charge in [0.15, 0.2) is 0 Å². The summed E-state index contributed by atoms with van der Waals surface area (Å²) in [6, 6.07) is 0. The summed E-state index contributed by atoms with van der Waals surface area (Å²) in [7, 11) is 0. The summed E-state index contributed by atoms with van der Waals surface area (Å²) in [5.74, 6) is -0.921. The zero-order valence-electron chi connectivity index (χ0n) is 14.9. The summed E-state index contributed by atoms with van der Waals surface area (Å²) in [6.45, 7) is 2.16. The Morgan fingerprint density at radius 2 is 1.23 bits per heavy atom. The van der Waals surface area contributed by atoms with Crippen LogP contribution in [0, 0.1) is 0 Å². The zero-order valence-corrected chi connectivity index (χ0v) is 16.9. The summed E-state index contributed by atoms with van der Waals surface area (Å²) in [5, 5.41) is 19.9. The zero-order chi connectivity index (χ0) is 15.8. The van der Waals surface area contributed by atoms with Gasteiger partial charge in [0.05, 0.1) is 6.10 Å². The van der Waals surface area contributed by atoms with E-state index in [0.717, 1.165) is 44.9 Å². The summed E-state index contributed by atoms with van der Waals surface area (Å²) in [4.78, 5) is 10.2. The molecule has 0 aromatic carbocycles. The molecule has 0 radical (unpaired) electrons.